The number of hydrazone groups is 1. The number of amides is 1. The fourth-order valence-corrected chi connectivity index (χ4v) is 3.63. The van der Waals surface area contributed by atoms with Crippen molar-refractivity contribution in [1.29, 1.82) is 0 Å². The van der Waals surface area contributed by atoms with Crippen LogP contribution >= 0.6 is 15.9 Å². The zero-order valence-electron chi connectivity index (χ0n) is 16.5. The lowest BCUT2D eigenvalue weighted by atomic mass is 9.85. The normalized spacial score (nSPS) is 11.5. The van der Waals surface area contributed by atoms with Gasteiger partial charge in [-0.2, -0.15) is 5.10 Å². The number of nitrogens with zero attached hydrogens (tertiary/aromatic N) is 2. The second-order valence-electron chi connectivity index (χ2n) is 6.92. The van der Waals surface area contributed by atoms with Crippen LogP contribution in [0.3, 0.4) is 0 Å². The Labute approximate surface area is 188 Å². The quantitative estimate of drug-likeness (QED) is 0.316. The van der Waals surface area contributed by atoms with Gasteiger partial charge in [0.05, 0.1) is 11.9 Å². The van der Waals surface area contributed by atoms with E-state index in [1.54, 1.807) is 54.7 Å². The topological polar surface area (TPSA) is 66.6 Å². The maximum Gasteiger partial charge on any atom is 0.281 e. The first-order valence-corrected chi connectivity index (χ1v) is 10.5. The van der Waals surface area contributed by atoms with Crippen LogP contribution in [0.4, 0.5) is 0 Å². The third kappa shape index (κ3) is 4.35. The van der Waals surface area contributed by atoms with Gasteiger partial charge >= 0.3 is 0 Å². The standard InChI is InChI=1S/C25H20BrN3O2/c26-21-13-15-22(16-14-21)29-17-7-12-23(29)18-27-28-24(30)25(31,19-8-3-1-4-9-19)20-10-5-2-6-11-20/h1-18,31H,(H,28,30)/b27-18+. The Morgan fingerprint density at radius 1 is 0.871 bits per heavy atom. The molecule has 4 aromatic rings. The Kier molecular flexibility index (Phi) is 6.11. The number of carbonyl (C=O) groups is 1. The molecule has 0 saturated carbocycles. The van der Waals surface area contributed by atoms with Crippen molar-refractivity contribution < 1.29 is 9.90 Å². The van der Waals surface area contributed by atoms with Gasteiger partial charge in [-0.05, 0) is 47.5 Å². The SMILES string of the molecule is O=C(N/N=C/c1cccn1-c1ccc(Br)cc1)C(O)(c1ccccc1)c1ccccc1. The number of hydrogen-bond donors (Lipinski definition) is 2. The largest absolute Gasteiger partial charge is 0.372 e. The van der Waals surface area contributed by atoms with E-state index in [4.69, 9.17) is 0 Å². The summed E-state index contributed by atoms with van der Waals surface area (Å²) >= 11 is 3.44. The number of nitrogens with one attached hydrogen (secondary N) is 1. The van der Waals surface area contributed by atoms with Crippen LogP contribution in [-0.4, -0.2) is 21.8 Å². The van der Waals surface area contributed by atoms with Crippen molar-refractivity contribution in [3.8, 4) is 5.69 Å². The highest BCUT2D eigenvalue weighted by atomic mass is 79.9. The fraction of sp³-hybridized carbons (Fsp3) is 0.0400. The maximum absolute atomic E-state index is 13.1. The van der Waals surface area contributed by atoms with Gasteiger partial charge in [0.2, 0.25) is 0 Å². The lowest BCUT2D eigenvalue weighted by Gasteiger charge is -2.27. The first-order chi connectivity index (χ1) is 15.1. The van der Waals surface area contributed by atoms with E-state index in [0.717, 1.165) is 15.9 Å². The van der Waals surface area contributed by atoms with Gasteiger partial charge in [-0.1, -0.05) is 76.6 Å². The molecule has 3 aromatic carbocycles. The molecule has 154 valence electrons. The number of rotatable bonds is 6. The van der Waals surface area contributed by atoms with Gasteiger partial charge in [-0.15, -0.1) is 0 Å². The minimum Gasteiger partial charge on any atom is -0.372 e. The number of halogens is 1. The predicted molar refractivity (Wildman–Crippen MR) is 125 cm³/mol. The van der Waals surface area contributed by atoms with Gasteiger partial charge in [-0.25, -0.2) is 5.43 Å². The molecular formula is C25H20BrN3O2. The van der Waals surface area contributed by atoms with Crippen LogP contribution in [0.5, 0.6) is 0 Å². The van der Waals surface area contributed by atoms with Gasteiger partial charge < -0.3 is 9.67 Å². The van der Waals surface area contributed by atoms with E-state index in [0.29, 0.717) is 11.1 Å². The second kappa shape index (κ2) is 9.12. The summed E-state index contributed by atoms with van der Waals surface area (Å²) in [5.41, 5.74) is 3.32. The molecule has 0 fully saturated rings. The van der Waals surface area contributed by atoms with Crippen LogP contribution in [0.2, 0.25) is 0 Å². The van der Waals surface area contributed by atoms with Crippen molar-refractivity contribution in [3.05, 3.63) is 125 Å². The fourth-order valence-electron chi connectivity index (χ4n) is 3.36. The molecular weight excluding hydrogens is 454 g/mol. The number of hydrogen-bond acceptors (Lipinski definition) is 3. The van der Waals surface area contributed by atoms with Crippen molar-refractivity contribution in [3.63, 3.8) is 0 Å². The molecule has 2 N–H and O–H groups in total. The number of carbonyl (C=O) groups excluding carboxylic acids is 1. The highest BCUT2D eigenvalue weighted by Gasteiger charge is 2.39. The number of benzene rings is 3. The van der Waals surface area contributed by atoms with Crippen LogP contribution in [0, 0.1) is 0 Å². The Bertz CT molecular complexity index is 1150. The summed E-state index contributed by atoms with van der Waals surface area (Å²) in [6, 6.07) is 29.3. The summed E-state index contributed by atoms with van der Waals surface area (Å²) < 4.78 is 2.94. The van der Waals surface area contributed by atoms with E-state index >= 15 is 0 Å². The summed E-state index contributed by atoms with van der Waals surface area (Å²) in [5, 5.41) is 15.6. The van der Waals surface area contributed by atoms with Crippen LogP contribution in [0.25, 0.3) is 5.69 Å². The molecule has 0 aliphatic carbocycles. The molecule has 1 aromatic heterocycles. The molecule has 0 atom stereocenters. The van der Waals surface area contributed by atoms with E-state index < -0.39 is 11.5 Å². The van der Waals surface area contributed by atoms with Gasteiger partial charge in [-0.3, -0.25) is 4.79 Å². The van der Waals surface area contributed by atoms with E-state index in [-0.39, 0.29) is 0 Å². The Balaban J connectivity index is 1.59. The first-order valence-electron chi connectivity index (χ1n) is 9.69. The minimum atomic E-state index is -1.87. The van der Waals surface area contributed by atoms with Gasteiger partial charge in [0.25, 0.3) is 5.91 Å². The van der Waals surface area contributed by atoms with E-state index in [1.807, 2.05) is 59.3 Å². The molecule has 6 heteroatoms. The predicted octanol–water partition coefficient (Wildman–Crippen LogP) is 4.63. The van der Waals surface area contributed by atoms with E-state index in [1.165, 1.54) is 0 Å². The van der Waals surface area contributed by atoms with E-state index in [9.17, 15) is 9.90 Å². The smallest absolute Gasteiger partial charge is 0.281 e. The lowest BCUT2D eigenvalue weighted by Crippen LogP contribution is -2.43. The monoisotopic (exact) mass is 473 g/mol. The molecule has 0 bridgehead atoms. The van der Waals surface area contributed by atoms with Gasteiger partial charge in [0.15, 0.2) is 5.60 Å². The molecule has 0 saturated heterocycles. The number of aliphatic hydroxyl groups is 1. The van der Waals surface area contributed by atoms with E-state index in [2.05, 4.69) is 26.5 Å². The van der Waals surface area contributed by atoms with Gasteiger partial charge in [0, 0.05) is 16.4 Å². The molecule has 1 heterocycles. The zero-order valence-corrected chi connectivity index (χ0v) is 18.1. The van der Waals surface area contributed by atoms with Crippen LogP contribution in [0.15, 0.2) is 113 Å². The molecule has 0 spiro atoms. The highest BCUT2D eigenvalue weighted by Crippen LogP contribution is 2.29. The van der Waals surface area contributed by atoms with Crippen molar-refractivity contribution in [2.24, 2.45) is 5.10 Å². The average molecular weight is 474 g/mol. The summed E-state index contributed by atoms with van der Waals surface area (Å²) in [7, 11) is 0. The molecule has 4 rings (SSSR count). The molecule has 1 amide bonds. The van der Waals surface area contributed by atoms with Crippen LogP contribution in [-0.2, 0) is 10.4 Å². The van der Waals surface area contributed by atoms with Crippen molar-refractivity contribution >= 4 is 28.1 Å². The molecule has 0 aliphatic rings. The molecule has 0 aliphatic heterocycles. The molecule has 0 unspecified atom stereocenters. The molecule has 31 heavy (non-hydrogen) atoms. The molecule has 0 radical (unpaired) electrons. The van der Waals surface area contributed by atoms with Crippen LogP contribution in [0.1, 0.15) is 16.8 Å². The maximum atomic E-state index is 13.1. The summed E-state index contributed by atoms with van der Waals surface area (Å²) in [6.45, 7) is 0. The Morgan fingerprint density at radius 3 is 2.03 bits per heavy atom. The van der Waals surface area contributed by atoms with Crippen LogP contribution < -0.4 is 5.43 Å². The highest BCUT2D eigenvalue weighted by molar-refractivity contribution is 9.10. The average Bonchev–Trinajstić information content (AvgIpc) is 3.28. The van der Waals surface area contributed by atoms with Crippen molar-refractivity contribution in [1.82, 2.24) is 9.99 Å². The minimum absolute atomic E-state index is 0.465. The van der Waals surface area contributed by atoms with Crippen molar-refractivity contribution in [2.75, 3.05) is 0 Å². The lowest BCUT2D eigenvalue weighted by molar-refractivity contribution is -0.136. The first kappa shape index (κ1) is 20.8. The molecule has 5 nitrogen and oxygen atoms in total. The number of aromatic nitrogens is 1. The summed E-state index contributed by atoms with van der Waals surface area (Å²) in [5.74, 6) is -0.636. The Hall–Kier alpha value is -3.48. The summed E-state index contributed by atoms with van der Waals surface area (Å²) in [4.78, 5) is 13.1. The van der Waals surface area contributed by atoms with Gasteiger partial charge in [0.1, 0.15) is 0 Å². The zero-order chi connectivity index (χ0) is 21.7. The van der Waals surface area contributed by atoms with Crippen molar-refractivity contribution in [2.45, 2.75) is 5.60 Å². The second-order valence-corrected chi connectivity index (χ2v) is 7.84. The Morgan fingerprint density at radius 2 is 1.45 bits per heavy atom. The third-order valence-corrected chi connectivity index (χ3v) is 5.49. The third-order valence-electron chi connectivity index (χ3n) is 4.96. The summed E-state index contributed by atoms with van der Waals surface area (Å²) in [6.07, 6.45) is 3.47.